The molecule has 1 rings (SSSR count). The van der Waals surface area contributed by atoms with Gasteiger partial charge in [0.05, 0.1) is 12.5 Å². The maximum atomic E-state index is 12.5. The second-order valence-electron chi connectivity index (χ2n) is 8.40. The van der Waals surface area contributed by atoms with E-state index in [1.807, 2.05) is 0 Å². The van der Waals surface area contributed by atoms with E-state index in [4.69, 9.17) is 10.8 Å². The Labute approximate surface area is 196 Å². The fraction of sp³-hybridized carbons (Fsp3) is 0.500. The van der Waals surface area contributed by atoms with Crippen molar-refractivity contribution >= 4 is 29.7 Å². The SMILES string of the molecule is CC(C)CC(NC(=O)C(CC(=O)O)NC(=O)C(C)NC(=O)C(N)Cc1ccc(O)cc1)C(=O)O. The number of rotatable bonds is 13. The zero-order valence-corrected chi connectivity index (χ0v) is 19.3. The molecular formula is C22H32N4O8. The van der Waals surface area contributed by atoms with E-state index in [2.05, 4.69) is 16.0 Å². The van der Waals surface area contributed by atoms with Gasteiger partial charge in [-0.2, -0.15) is 0 Å². The molecule has 8 N–H and O–H groups in total. The van der Waals surface area contributed by atoms with Gasteiger partial charge < -0.3 is 37.0 Å². The van der Waals surface area contributed by atoms with Crippen molar-refractivity contribution in [2.75, 3.05) is 0 Å². The van der Waals surface area contributed by atoms with Crippen molar-refractivity contribution in [1.82, 2.24) is 16.0 Å². The monoisotopic (exact) mass is 480 g/mol. The van der Waals surface area contributed by atoms with E-state index in [9.17, 15) is 34.2 Å². The number of carboxylic acids is 2. The van der Waals surface area contributed by atoms with Crippen molar-refractivity contribution < 1.29 is 39.3 Å². The summed E-state index contributed by atoms with van der Waals surface area (Å²) < 4.78 is 0. The van der Waals surface area contributed by atoms with Crippen LogP contribution in [0.25, 0.3) is 0 Å². The number of amides is 3. The summed E-state index contributed by atoms with van der Waals surface area (Å²) in [4.78, 5) is 59.9. The lowest BCUT2D eigenvalue weighted by molar-refractivity contribution is -0.144. The van der Waals surface area contributed by atoms with E-state index in [-0.39, 0.29) is 24.5 Å². The summed E-state index contributed by atoms with van der Waals surface area (Å²) in [6.07, 6.45) is -0.538. The zero-order valence-electron chi connectivity index (χ0n) is 19.3. The first-order valence-corrected chi connectivity index (χ1v) is 10.7. The second-order valence-corrected chi connectivity index (χ2v) is 8.40. The first kappa shape index (κ1) is 28.4. The van der Waals surface area contributed by atoms with E-state index in [1.54, 1.807) is 26.0 Å². The minimum absolute atomic E-state index is 0.0602. The van der Waals surface area contributed by atoms with Crippen LogP contribution < -0.4 is 21.7 Å². The Hall–Kier alpha value is -3.67. The van der Waals surface area contributed by atoms with Crippen LogP contribution in [0.15, 0.2) is 24.3 Å². The molecule has 0 saturated heterocycles. The molecule has 188 valence electrons. The summed E-state index contributed by atoms with van der Waals surface area (Å²) in [5.74, 6) is -5.14. The minimum atomic E-state index is -1.55. The summed E-state index contributed by atoms with van der Waals surface area (Å²) in [5.41, 5.74) is 6.56. The summed E-state index contributed by atoms with van der Waals surface area (Å²) >= 11 is 0. The molecule has 12 heteroatoms. The molecule has 0 aliphatic heterocycles. The lowest BCUT2D eigenvalue weighted by atomic mass is 10.0. The molecular weight excluding hydrogens is 448 g/mol. The molecule has 0 aromatic heterocycles. The molecule has 12 nitrogen and oxygen atoms in total. The van der Waals surface area contributed by atoms with Gasteiger partial charge in [-0.3, -0.25) is 19.2 Å². The summed E-state index contributed by atoms with van der Waals surface area (Å²) in [7, 11) is 0. The Morgan fingerprint density at radius 2 is 1.41 bits per heavy atom. The number of carbonyl (C=O) groups is 5. The maximum Gasteiger partial charge on any atom is 0.326 e. The van der Waals surface area contributed by atoms with E-state index < -0.39 is 60.2 Å². The third kappa shape index (κ3) is 9.86. The van der Waals surface area contributed by atoms with Gasteiger partial charge in [0, 0.05) is 0 Å². The van der Waals surface area contributed by atoms with Crippen LogP contribution in [0.4, 0.5) is 0 Å². The fourth-order valence-electron chi connectivity index (χ4n) is 3.01. The van der Waals surface area contributed by atoms with Gasteiger partial charge in [-0.15, -0.1) is 0 Å². The standard InChI is InChI=1S/C22H32N4O8/c1-11(2)8-17(22(33)34)26-21(32)16(10-18(28)29)25-19(30)12(3)24-20(31)15(23)9-13-4-6-14(27)7-5-13/h4-7,11-12,15-17,27H,8-10,23H2,1-3H3,(H,24,31)(H,25,30)(H,26,32)(H,28,29)(H,33,34). The third-order valence-electron chi connectivity index (χ3n) is 4.81. The minimum Gasteiger partial charge on any atom is -0.508 e. The lowest BCUT2D eigenvalue weighted by Gasteiger charge is -2.23. The van der Waals surface area contributed by atoms with Crippen LogP contribution in [0.1, 0.15) is 39.2 Å². The number of nitrogens with one attached hydrogen (secondary N) is 3. The highest BCUT2D eigenvalue weighted by molar-refractivity contribution is 5.95. The van der Waals surface area contributed by atoms with Crippen molar-refractivity contribution in [3.8, 4) is 5.75 Å². The predicted molar refractivity (Wildman–Crippen MR) is 121 cm³/mol. The highest BCUT2D eigenvalue weighted by Gasteiger charge is 2.30. The highest BCUT2D eigenvalue weighted by Crippen LogP contribution is 2.11. The molecule has 1 aromatic rings. The van der Waals surface area contributed by atoms with Gasteiger partial charge in [0.1, 0.15) is 23.9 Å². The van der Waals surface area contributed by atoms with Crippen molar-refractivity contribution in [3.05, 3.63) is 29.8 Å². The van der Waals surface area contributed by atoms with Gasteiger partial charge in [-0.05, 0) is 43.4 Å². The zero-order chi connectivity index (χ0) is 26.0. The van der Waals surface area contributed by atoms with Crippen LogP contribution in [0.5, 0.6) is 5.75 Å². The molecule has 34 heavy (non-hydrogen) atoms. The molecule has 0 fully saturated rings. The van der Waals surface area contributed by atoms with E-state index in [0.29, 0.717) is 5.56 Å². The molecule has 0 spiro atoms. The maximum absolute atomic E-state index is 12.5. The van der Waals surface area contributed by atoms with Crippen molar-refractivity contribution in [2.45, 2.75) is 64.2 Å². The lowest BCUT2D eigenvalue weighted by Crippen LogP contribution is -2.57. The summed E-state index contributed by atoms with van der Waals surface area (Å²) in [6, 6.07) is 1.10. The number of benzene rings is 1. The average molecular weight is 481 g/mol. The Morgan fingerprint density at radius 1 is 0.853 bits per heavy atom. The normalized spacial score (nSPS) is 14.4. The smallest absolute Gasteiger partial charge is 0.326 e. The number of phenolic OH excluding ortho intramolecular Hbond substituents is 1. The Bertz CT molecular complexity index is 887. The molecule has 0 bridgehead atoms. The first-order chi connectivity index (χ1) is 15.8. The Kier molecular flexibility index (Phi) is 11.0. The van der Waals surface area contributed by atoms with Gasteiger partial charge in [-0.25, -0.2) is 4.79 Å². The molecule has 3 amide bonds. The van der Waals surface area contributed by atoms with Gasteiger partial charge >= 0.3 is 11.9 Å². The number of phenols is 1. The largest absolute Gasteiger partial charge is 0.508 e. The quantitative estimate of drug-likeness (QED) is 0.191. The van der Waals surface area contributed by atoms with Gasteiger partial charge in [0.25, 0.3) is 0 Å². The predicted octanol–water partition coefficient (Wildman–Crippen LogP) is -0.658. The van der Waals surface area contributed by atoms with Gasteiger partial charge in [0.2, 0.25) is 17.7 Å². The summed E-state index contributed by atoms with van der Waals surface area (Å²) in [6.45, 7) is 4.85. The first-order valence-electron chi connectivity index (χ1n) is 10.7. The van der Waals surface area contributed by atoms with Crippen LogP contribution in [0, 0.1) is 5.92 Å². The van der Waals surface area contributed by atoms with E-state index in [1.165, 1.54) is 19.1 Å². The number of aromatic hydroxyl groups is 1. The molecule has 0 radical (unpaired) electrons. The average Bonchev–Trinajstić information content (AvgIpc) is 2.73. The molecule has 0 aliphatic carbocycles. The van der Waals surface area contributed by atoms with Gasteiger partial charge in [0.15, 0.2) is 0 Å². The molecule has 4 unspecified atom stereocenters. The number of nitrogens with two attached hydrogens (primary N) is 1. The van der Waals surface area contributed by atoms with Crippen molar-refractivity contribution in [2.24, 2.45) is 11.7 Å². The third-order valence-corrected chi connectivity index (χ3v) is 4.81. The number of aliphatic carboxylic acids is 2. The Balaban J connectivity index is 2.76. The highest BCUT2D eigenvalue weighted by atomic mass is 16.4. The van der Waals surface area contributed by atoms with Gasteiger partial charge in [-0.1, -0.05) is 26.0 Å². The summed E-state index contributed by atoms with van der Waals surface area (Å²) in [5, 5.41) is 34.6. The van der Waals surface area contributed by atoms with Crippen LogP contribution in [0.3, 0.4) is 0 Å². The number of carbonyl (C=O) groups excluding carboxylic acids is 3. The number of carboxylic acid groups (broad SMARTS) is 2. The molecule has 1 aromatic carbocycles. The Morgan fingerprint density at radius 3 is 1.91 bits per heavy atom. The molecule has 0 aliphatic rings. The van der Waals surface area contributed by atoms with E-state index >= 15 is 0 Å². The number of hydrogen-bond acceptors (Lipinski definition) is 7. The molecule has 4 atom stereocenters. The fourth-order valence-corrected chi connectivity index (χ4v) is 3.01. The van der Waals surface area contributed by atoms with Crippen molar-refractivity contribution in [3.63, 3.8) is 0 Å². The topological polar surface area (TPSA) is 208 Å². The van der Waals surface area contributed by atoms with Crippen LogP contribution >= 0.6 is 0 Å². The van der Waals surface area contributed by atoms with Crippen LogP contribution in [-0.2, 0) is 30.4 Å². The molecule has 0 saturated carbocycles. The second kappa shape index (κ2) is 13.1. The van der Waals surface area contributed by atoms with Crippen molar-refractivity contribution in [1.29, 1.82) is 0 Å². The number of hydrogen-bond donors (Lipinski definition) is 7. The molecule has 0 heterocycles. The van der Waals surface area contributed by atoms with Crippen LogP contribution in [0.2, 0.25) is 0 Å². The van der Waals surface area contributed by atoms with E-state index in [0.717, 1.165) is 0 Å². The van der Waals surface area contributed by atoms with Crippen LogP contribution in [-0.4, -0.2) is 69.1 Å².